The maximum atomic E-state index is 12.6. The van der Waals surface area contributed by atoms with Crippen LogP contribution in [0.4, 0.5) is 0 Å². The van der Waals surface area contributed by atoms with E-state index in [1.54, 1.807) is 12.4 Å². The Morgan fingerprint density at radius 2 is 1.67 bits per heavy atom. The molecule has 9 nitrogen and oxygen atoms in total. The van der Waals surface area contributed by atoms with Crippen LogP contribution >= 0.6 is 0 Å². The van der Waals surface area contributed by atoms with Gasteiger partial charge in [0.05, 0.1) is 18.1 Å². The minimum Gasteiger partial charge on any atom is -0.379 e. The summed E-state index contributed by atoms with van der Waals surface area (Å²) < 4.78 is 31.8. The van der Waals surface area contributed by atoms with Crippen LogP contribution in [0.3, 0.4) is 0 Å². The van der Waals surface area contributed by atoms with Gasteiger partial charge in [-0.3, -0.25) is 14.6 Å². The van der Waals surface area contributed by atoms with E-state index < -0.39 is 10.0 Å². The molecule has 0 atom stereocenters. The summed E-state index contributed by atoms with van der Waals surface area (Å²) in [7, 11) is -3.60. The molecule has 0 spiro atoms. The quantitative estimate of drug-likeness (QED) is 0.629. The molecule has 0 bridgehead atoms. The molecule has 0 unspecified atom stereocenters. The van der Waals surface area contributed by atoms with E-state index in [9.17, 15) is 18.0 Å². The third-order valence-electron chi connectivity index (χ3n) is 4.60. The number of hydrogen-bond acceptors (Lipinski definition) is 6. The fourth-order valence-electron chi connectivity index (χ4n) is 2.90. The Morgan fingerprint density at radius 1 is 1.00 bits per heavy atom. The van der Waals surface area contributed by atoms with Gasteiger partial charge in [-0.05, 0) is 42.0 Å². The molecule has 0 saturated carbocycles. The van der Waals surface area contributed by atoms with Gasteiger partial charge in [-0.15, -0.1) is 0 Å². The molecule has 2 aromatic rings. The summed E-state index contributed by atoms with van der Waals surface area (Å²) in [6.45, 7) is 1.94. The van der Waals surface area contributed by atoms with Crippen molar-refractivity contribution in [3.63, 3.8) is 0 Å². The first-order chi connectivity index (χ1) is 14.5. The molecule has 3 rings (SSSR count). The number of ether oxygens (including phenoxy) is 1. The fourth-order valence-corrected chi connectivity index (χ4v) is 4.30. The smallest absolute Gasteiger partial charge is 0.251 e. The van der Waals surface area contributed by atoms with Crippen molar-refractivity contribution in [2.24, 2.45) is 0 Å². The highest BCUT2D eigenvalue weighted by Gasteiger charge is 2.26. The summed E-state index contributed by atoms with van der Waals surface area (Å²) in [5.41, 5.74) is 1.27. The summed E-state index contributed by atoms with van der Waals surface area (Å²) in [4.78, 5) is 28.2. The van der Waals surface area contributed by atoms with Crippen LogP contribution in [0.15, 0.2) is 53.7 Å². The number of carbonyl (C=O) groups excluding carboxylic acids is 2. The Morgan fingerprint density at radius 3 is 2.33 bits per heavy atom. The molecule has 160 valence electrons. The number of nitrogens with one attached hydrogen (secondary N) is 2. The monoisotopic (exact) mass is 432 g/mol. The summed E-state index contributed by atoms with van der Waals surface area (Å²) >= 11 is 0. The van der Waals surface area contributed by atoms with E-state index in [4.69, 9.17) is 4.74 Å². The first-order valence-corrected chi connectivity index (χ1v) is 11.0. The summed E-state index contributed by atoms with van der Waals surface area (Å²) in [6, 6.07) is 9.39. The Hall–Kier alpha value is -2.82. The molecule has 1 fully saturated rings. The molecule has 1 aliphatic heterocycles. The minimum atomic E-state index is -3.60. The van der Waals surface area contributed by atoms with Crippen LogP contribution in [-0.2, 0) is 26.1 Å². The Kier molecular flexibility index (Phi) is 7.50. The van der Waals surface area contributed by atoms with E-state index in [0.29, 0.717) is 38.4 Å². The largest absolute Gasteiger partial charge is 0.379 e. The maximum Gasteiger partial charge on any atom is 0.251 e. The lowest BCUT2D eigenvalue weighted by Crippen LogP contribution is -2.40. The zero-order valence-electron chi connectivity index (χ0n) is 16.4. The van der Waals surface area contributed by atoms with E-state index in [1.165, 1.54) is 28.6 Å². The number of nitrogens with zero attached hydrogens (tertiary/aromatic N) is 2. The van der Waals surface area contributed by atoms with Crippen molar-refractivity contribution in [2.45, 2.75) is 17.9 Å². The van der Waals surface area contributed by atoms with Gasteiger partial charge in [0.2, 0.25) is 15.9 Å². The SMILES string of the molecule is O=C(CCNC(=O)c1ccc(S(=O)(=O)N2CCOCC2)cc1)NCc1ccncc1. The fraction of sp³-hybridized carbons (Fsp3) is 0.350. The van der Waals surface area contributed by atoms with Crippen molar-refractivity contribution in [3.05, 3.63) is 59.9 Å². The maximum absolute atomic E-state index is 12.6. The molecule has 1 saturated heterocycles. The summed E-state index contributed by atoms with van der Waals surface area (Å²) in [6.07, 6.45) is 3.44. The van der Waals surface area contributed by atoms with Gasteiger partial charge in [0.15, 0.2) is 0 Å². The van der Waals surface area contributed by atoms with E-state index in [2.05, 4.69) is 15.6 Å². The van der Waals surface area contributed by atoms with Crippen LogP contribution < -0.4 is 10.6 Å². The first-order valence-electron chi connectivity index (χ1n) is 9.58. The molecular formula is C20H24N4O5S. The van der Waals surface area contributed by atoms with E-state index in [-0.39, 0.29) is 29.7 Å². The van der Waals surface area contributed by atoms with Gasteiger partial charge in [-0.2, -0.15) is 4.31 Å². The Balaban J connectivity index is 1.46. The van der Waals surface area contributed by atoms with Gasteiger partial charge in [0, 0.05) is 50.6 Å². The predicted molar refractivity (Wildman–Crippen MR) is 109 cm³/mol. The van der Waals surface area contributed by atoms with Gasteiger partial charge in [-0.25, -0.2) is 8.42 Å². The van der Waals surface area contributed by atoms with Gasteiger partial charge >= 0.3 is 0 Å². The number of hydrogen-bond donors (Lipinski definition) is 2. The van der Waals surface area contributed by atoms with E-state index in [1.807, 2.05) is 12.1 Å². The number of benzene rings is 1. The van der Waals surface area contributed by atoms with E-state index >= 15 is 0 Å². The lowest BCUT2D eigenvalue weighted by Gasteiger charge is -2.26. The molecule has 10 heteroatoms. The second kappa shape index (κ2) is 10.3. The molecule has 30 heavy (non-hydrogen) atoms. The highest BCUT2D eigenvalue weighted by molar-refractivity contribution is 7.89. The third kappa shape index (κ3) is 5.85. The molecule has 2 heterocycles. The lowest BCUT2D eigenvalue weighted by molar-refractivity contribution is -0.121. The van der Waals surface area contributed by atoms with Crippen LogP contribution in [0, 0.1) is 0 Å². The third-order valence-corrected chi connectivity index (χ3v) is 6.51. The van der Waals surface area contributed by atoms with Gasteiger partial charge < -0.3 is 15.4 Å². The second-order valence-electron chi connectivity index (χ2n) is 6.68. The zero-order chi connectivity index (χ0) is 21.4. The molecule has 2 N–H and O–H groups in total. The standard InChI is InChI=1S/C20H24N4O5S/c25-19(23-15-16-5-8-21-9-6-16)7-10-22-20(26)17-1-3-18(4-2-17)30(27,28)24-11-13-29-14-12-24/h1-6,8-9H,7,10-15H2,(H,22,26)(H,23,25). The topological polar surface area (TPSA) is 118 Å². The van der Waals surface area contributed by atoms with Crippen LogP contribution in [0.2, 0.25) is 0 Å². The first kappa shape index (κ1) is 21.9. The molecule has 0 radical (unpaired) electrons. The van der Waals surface area contributed by atoms with Crippen molar-refractivity contribution in [2.75, 3.05) is 32.8 Å². The van der Waals surface area contributed by atoms with Crippen molar-refractivity contribution in [1.82, 2.24) is 19.9 Å². The average Bonchev–Trinajstić information content (AvgIpc) is 2.79. The van der Waals surface area contributed by atoms with Crippen LogP contribution in [-0.4, -0.2) is 62.4 Å². The lowest BCUT2D eigenvalue weighted by atomic mass is 10.2. The van der Waals surface area contributed by atoms with Crippen LogP contribution in [0.1, 0.15) is 22.3 Å². The Bertz CT molecular complexity index is 958. The predicted octanol–water partition coefficient (Wildman–Crippen LogP) is 0.539. The van der Waals surface area contributed by atoms with Crippen molar-refractivity contribution in [1.29, 1.82) is 0 Å². The highest BCUT2D eigenvalue weighted by Crippen LogP contribution is 2.17. The molecule has 1 aliphatic rings. The molecule has 1 aromatic heterocycles. The van der Waals surface area contributed by atoms with Gasteiger partial charge in [-0.1, -0.05) is 0 Å². The van der Waals surface area contributed by atoms with Crippen LogP contribution in [0.25, 0.3) is 0 Å². The molecule has 0 aliphatic carbocycles. The number of morpholine rings is 1. The Labute approximate surface area is 175 Å². The highest BCUT2D eigenvalue weighted by atomic mass is 32.2. The zero-order valence-corrected chi connectivity index (χ0v) is 17.2. The van der Waals surface area contributed by atoms with Crippen molar-refractivity contribution < 1.29 is 22.7 Å². The van der Waals surface area contributed by atoms with Crippen LogP contribution in [0.5, 0.6) is 0 Å². The number of amides is 2. The molecule has 2 amide bonds. The van der Waals surface area contributed by atoms with Gasteiger partial charge in [0.1, 0.15) is 0 Å². The summed E-state index contributed by atoms with van der Waals surface area (Å²) in [5.74, 6) is -0.550. The van der Waals surface area contributed by atoms with Gasteiger partial charge in [0.25, 0.3) is 5.91 Å². The normalized spacial score (nSPS) is 14.8. The number of rotatable bonds is 8. The number of pyridine rings is 1. The second-order valence-corrected chi connectivity index (χ2v) is 8.62. The van der Waals surface area contributed by atoms with Crippen molar-refractivity contribution >= 4 is 21.8 Å². The van der Waals surface area contributed by atoms with Crippen molar-refractivity contribution in [3.8, 4) is 0 Å². The average molecular weight is 433 g/mol. The minimum absolute atomic E-state index is 0.136. The summed E-state index contributed by atoms with van der Waals surface area (Å²) in [5, 5.41) is 5.43. The molecular weight excluding hydrogens is 408 g/mol. The molecule has 1 aromatic carbocycles. The number of carbonyl (C=O) groups is 2. The number of aromatic nitrogens is 1. The number of sulfonamides is 1. The van der Waals surface area contributed by atoms with E-state index in [0.717, 1.165) is 5.56 Å².